The zero-order valence-corrected chi connectivity index (χ0v) is 9.08. The van der Waals surface area contributed by atoms with Gasteiger partial charge in [-0.05, 0) is 0 Å². The highest BCUT2D eigenvalue weighted by Crippen LogP contribution is 2.28. The van der Waals surface area contributed by atoms with Crippen molar-refractivity contribution in [1.29, 1.82) is 0 Å². The monoisotopic (exact) mass is 263 g/mol. The molecule has 4 N–H and O–H groups in total. The SMILES string of the molecule is Nc1nc(=O)n([C@H]2C[C@H](O)[C@@H](CO)O2)c(F)c1F. The van der Waals surface area contributed by atoms with Crippen molar-refractivity contribution in [3.63, 3.8) is 0 Å². The minimum absolute atomic E-state index is 0.160. The van der Waals surface area contributed by atoms with Crippen molar-refractivity contribution in [2.24, 2.45) is 0 Å². The Kier molecular flexibility index (Phi) is 3.28. The topological polar surface area (TPSA) is 111 Å². The zero-order chi connectivity index (χ0) is 13.4. The van der Waals surface area contributed by atoms with Gasteiger partial charge in [0, 0.05) is 6.42 Å². The van der Waals surface area contributed by atoms with E-state index in [-0.39, 0.29) is 6.42 Å². The van der Waals surface area contributed by atoms with Crippen LogP contribution in [0.1, 0.15) is 12.6 Å². The highest BCUT2D eigenvalue weighted by molar-refractivity contribution is 5.27. The maximum absolute atomic E-state index is 13.6. The van der Waals surface area contributed by atoms with E-state index >= 15 is 0 Å². The lowest BCUT2D eigenvalue weighted by Crippen LogP contribution is -2.32. The van der Waals surface area contributed by atoms with Crippen LogP contribution >= 0.6 is 0 Å². The van der Waals surface area contributed by atoms with Gasteiger partial charge in [0.2, 0.25) is 11.8 Å². The summed E-state index contributed by atoms with van der Waals surface area (Å²) in [6, 6.07) is 0. The number of rotatable bonds is 2. The van der Waals surface area contributed by atoms with E-state index < -0.39 is 48.3 Å². The van der Waals surface area contributed by atoms with Crippen LogP contribution in [0.15, 0.2) is 4.79 Å². The summed E-state index contributed by atoms with van der Waals surface area (Å²) >= 11 is 0. The molecule has 1 aromatic rings. The summed E-state index contributed by atoms with van der Waals surface area (Å²) in [5, 5.41) is 18.3. The first-order valence-electron chi connectivity index (χ1n) is 5.13. The van der Waals surface area contributed by atoms with Gasteiger partial charge in [-0.1, -0.05) is 0 Å². The molecule has 9 heteroatoms. The minimum Gasteiger partial charge on any atom is -0.394 e. The summed E-state index contributed by atoms with van der Waals surface area (Å²) in [4.78, 5) is 14.5. The Hall–Kier alpha value is -1.58. The maximum atomic E-state index is 13.6. The van der Waals surface area contributed by atoms with Crippen LogP contribution in [-0.2, 0) is 4.74 Å². The van der Waals surface area contributed by atoms with E-state index in [9.17, 15) is 18.7 Å². The second kappa shape index (κ2) is 4.59. The van der Waals surface area contributed by atoms with Crippen LogP contribution in [-0.4, -0.2) is 38.6 Å². The lowest BCUT2D eigenvalue weighted by molar-refractivity contribution is -0.0499. The second-order valence-electron chi connectivity index (χ2n) is 3.87. The van der Waals surface area contributed by atoms with E-state index in [0.717, 1.165) is 0 Å². The Bertz CT molecular complexity index is 521. The summed E-state index contributed by atoms with van der Waals surface area (Å²) < 4.78 is 32.2. The Morgan fingerprint density at radius 3 is 2.78 bits per heavy atom. The van der Waals surface area contributed by atoms with Crippen molar-refractivity contribution in [1.82, 2.24) is 9.55 Å². The summed E-state index contributed by atoms with van der Waals surface area (Å²) in [6.07, 6.45) is -3.42. The van der Waals surface area contributed by atoms with Gasteiger partial charge < -0.3 is 20.7 Å². The molecule has 18 heavy (non-hydrogen) atoms. The van der Waals surface area contributed by atoms with Gasteiger partial charge in [0.25, 0.3) is 0 Å². The molecule has 1 aliphatic rings. The van der Waals surface area contributed by atoms with Crippen LogP contribution in [0.25, 0.3) is 0 Å². The number of ether oxygens (including phenoxy) is 1. The van der Waals surface area contributed by atoms with Crippen LogP contribution < -0.4 is 11.4 Å². The predicted octanol–water partition coefficient (Wildman–Crippen LogP) is -1.26. The molecular formula is C9H11F2N3O4. The molecule has 0 saturated carbocycles. The first kappa shape index (κ1) is 12.9. The molecule has 1 aromatic heterocycles. The molecule has 100 valence electrons. The molecule has 0 radical (unpaired) electrons. The molecule has 3 atom stereocenters. The van der Waals surface area contributed by atoms with Gasteiger partial charge in [0.05, 0.1) is 12.7 Å². The van der Waals surface area contributed by atoms with E-state index in [4.69, 9.17) is 15.6 Å². The van der Waals surface area contributed by atoms with E-state index in [1.54, 1.807) is 0 Å². The van der Waals surface area contributed by atoms with Gasteiger partial charge in [-0.25, -0.2) is 9.36 Å². The minimum atomic E-state index is -1.51. The third-order valence-electron chi connectivity index (χ3n) is 2.71. The number of hydrogen-bond acceptors (Lipinski definition) is 6. The molecule has 1 aliphatic heterocycles. The number of aliphatic hydroxyl groups is 2. The van der Waals surface area contributed by atoms with Gasteiger partial charge in [0.15, 0.2) is 5.82 Å². The Labute approximate surface area is 99.4 Å². The van der Waals surface area contributed by atoms with Crippen LogP contribution in [0, 0.1) is 11.8 Å². The number of nitrogens with zero attached hydrogens (tertiary/aromatic N) is 2. The average molecular weight is 263 g/mol. The molecule has 7 nitrogen and oxygen atoms in total. The molecular weight excluding hydrogens is 252 g/mol. The van der Waals surface area contributed by atoms with Gasteiger partial charge in [-0.15, -0.1) is 0 Å². The summed E-state index contributed by atoms with van der Waals surface area (Å²) in [5.41, 5.74) is 3.88. The molecule has 0 bridgehead atoms. The van der Waals surface area contributed by atoms with Crippen molar-refractivity contribution in [2.45, 2.75) is 24.9 Å². The van der Waals surface area contributed by atoms with Gasteiger partial charge >= 0.3 is 5.69 Å². The number of aliphatic hydroxyl groups excluding tert-OH is 2. The fourth-order valence-electron chi connectivity index (χ4n) is 1.79. The molecule has 0 spiro atoms. The van der Waals surface area contributed by atoms with Gasteiger partial charge in [-0.3, -0.25) is 0 Å². The fraction of sp³-hybridized carbons (Fsp3) is 0.556. The predicted molar refractivity (Wildman–Crippen MR) is 54.4 cm³/mol. The highest BCUT2D eigenvalue weighted by atomic mass is 19.2. The lowest BCUT2D eigenvalue weighted by Gasteiger charge is -2.15. The summed E-state index contributed by atoms with van der Waals surface area (Å²) in [7, 11) is 0. The van der Waals surface area contributed by atoms with E-state index in [1.807, 2.05) is 0 Å². The van der Waals surface area contributed by atoms with Crippen LogP contribution in [0.4, 0.5) is 14.6 Å². The second-order valence-corrected chi connectivity index (χ2v) is 3.87. The van der Waals surface area contributed by atoms with E-state index in [1.165, 1.54) is 0 Å². The summed E-state index contributed by atoms with van der Waals surface area (Å²) in [5.74, 6) is -3.81. The normalized spacial score (nSPS) is 27.7. The quantitative estimate of drug-likeness (QED) is 0.575. The number of nitrogen functional groups attached to an aromatic ring is 1. The Morgan fingerprint density at radius 1 is 1.56 bits per heavy atom. The Morgan fingerprint density at radius 2 is 2.22 bits per heavy atom. The third-order valence-corrected chi connectivity index (χ3v) is 2.71. The molecule has 2 rings (SSSR count). The van der Waals surface area contributed by atoms with Gasteiger partial charge in [0.1, 0.15) is 12.3 Å². The first-order valence-corrected chi connectivity index (χ1v) is 5.13. The summed E-state index contributed by atoms with van der Waals surface area (Å²) in [6.45, 7) is -0.501. The number of nitrogens with two attached hydrogens (primary N) is 1. The van der Waals surface area contributed by atoms with Crippen molar-refractivity contribution in [2.75, 3.05) is 12.3 Å². The van der Waals surface area contributed by atoms with Crippen LogP contribution in [0.3, 0.4) is 0 Å². The molecule has 2 heterocycles. The molecule has 1 fully saturated rings. The first-order chi connectivity index (χ1) is 8.45. The third kappa shape index (κ3) is 1.96. The Balaban J connectivity index is 2.42. The van der Waals surface area contributed by atoms with Gasteiger partial charge in [-0.2, -0.15) is 13.8 Å². The smallest absolute Gasteiger partial charge is 0.354 e. The number of anilines is 1. The largest absolute Gasteiger partial charge is 0.394 e. The molecule has 0 amide bonds. The zero-order valence-electron chi connectivity index (χ0n) is 9.08. The van der Waals surface area contributed by atoms with Crippen molar-refractivity contribution in [3.05, 3.63) is 22.2 Å². The van der Waals surface area contributed by atoms with E-state index in [2.05, 4.69) is 4.98 Å². The van der Waals surface area contributed by atoms with Crippen LogP contribution in [0.2, 0.25) is 0 Å². The molecule has 0 unspecified atom stereocenters. The number of hydrogen-bond donors (Lipinski definition) is 3. The van der Waals surface area contributed by atoms with Crippen LogP contribution in [0.5, 0.6) is 0 Å². The maximum Gasteiger partial charge on any atom is 0.354 e. The standard InChI is InChI=1S/C9H11F2N3O4/c10-6-7(11)14(9(17)13-8(6)12)5-1-3(16)4(2-15)18-5/h3-5,15-16H,1-2H2,(H2,12,13,17)/t3-,4+,5+/m0/s1. The fourth-order valence-corrected chi connectivity index (χ4v) is 1.79. The van der Waals surface area contributed by atoms with Crippen molar-refractivity contribution < 1.29 is 23.7 Å². The average Bonchev–Trinajstić information content (AvgIpc) is 2.67. The molecule has 0 aliphatic carbocycles. The van der Waals surface area contributed by atoms with E-state index in [0.29, 0.717) is 4.57 Å². The number of halogens is 2. The molecule has 0 aromatic carbocycles. The van der Waals surface area contributed by atoms with Crippen molar-refractivity contribution in [3.8, 4) is 0 Å². The molecule has 1 saturated heterocycles. The van der Waals surface area contributed by atoms with Crippen molar-refractivity contribution >= 4 is 5.82 Å². The lowest BCUT2D eigenvalue weighted by atomic mass is 10.2. The number of aromatic nitrogens is 2. The highest BCUT2D eigenvalue weighted by Gasteiger charge is 2.37.